The predicted octanol–water partition coefficient (Wildman–Crippen LogP) is 13.7. The zero-order chi connectivity index (χ0) is 46.6. The first kappa shape index (κ1) is 46.9. The molecule has 2 atom stereocenters. The Balaban J connectivity index is 0.000000187. The van der Waals surface area contributed by atoms with E-state index in [1.807, 2.05) is 48.5 Å². The van der Waals surface area contributed by atoms with E-state index >= 15 is 0 Å². The Labute approximate surface area is 413 Å². The first-order valence-corrected chi connectivity index (χ1v) is 24.0. The van der Waals surface area contributed by atoms with Gasteiger partial charge in [0.15, 0.2) is 10.2 Å². The lowest BCUT2D eigenvalue weighted by atomic mass is 9.77. The molecule has 4 N–H and O–H groups in total. The third-order valence-corrected chi connectivity index (χ3v) is 12.5. The van der Waals surface area contributed by atoms with Gasteiger partial charge in [-0.3, -0.25) is 0 Å². The largest absolute Gasteiger partial charge is 0.356 e. The monoisotopic (exact) mass is 920 g/mol. The van der Waals surface area contributed by atoms with E-state index < -0.39 is 5.54 Å². The second-order valence-corrected chi connectivity index (χ2v) is 17.4. The Kier molecular flexibility index (Phi) is 16.7. The quantitative estimate of drug-likeness (QED) is 0.0607. The molecular formula is C62H56N4S2. The lowest BCUT2D eigenvalue weighted by molar-refractivity contribution is 0.548. The Morgan fingerprint density at radius 1 is 0.309 bits per heavy atom. The Morgan fingerprint density at radius 2 is 0.574 bits per heavy atom. The predicted molar refractivity (Wildman–Crippen MR) is 290 cm³/mol. The SMILES string of the molecule is S=C(NC(Cc1ccccc1)c1ccccc1)NC(c1ccccc1)(c1ccccc1)c1ccccc1.S=C(NC(Cc1ccccc1)c1ccccc1)NC(c1ccccc1)c1ccccc1. The van der Waals surface area contributed by atoms with Gasteiger partial charge in [-0.05, 0) is 87.3 Å². The molecule has 0 saturated heterocycles. The summed E-state index contributed by atoms with van der Waals surface area (Å²) in [5, 5.41) is 15.8. The van der Waals surface area contributed by atoms with Crippen molar-refractivity contribution in [2.75, 3.05) is 0 Å². The van der Waals surface area contributed by atoms with Gasteiger partial charge in [-0.25, -0.2) is 0 Å². The summed E-state index contributed by atoms with van der Waals surface area (Å²) in [5.41, 5.74) is 9.99. The van der Waals surface area contributed by atoms with Gasteiger partial charge in [0, 0.05) is 0 Å². The summed E-state index contributed by atoms with van der Waals surface area (Å²) in [6.45, 7) is 0. The molecule has 0 aromatic heterocycles. The van der Waals surface area contributed by atoms with Gasteiger partial charge in [-0.2, -0.15) is 0 Å². The molecule has 0 aliphatic rings. The first-order chi connectivity index (χ1) is 33.5. The fourth-order valence-electron chi connectivity index (χ4n) is 8.70. The fourth-order valence-corrected chi connectivity index (χ4v) is 9.26. The summed E-state index contributed by atoms with van der Waals surface area (Å²) in [5.74, 6) is 0. The number of hydrogen-bond acceptors (Lipinski definition) is 2. The summed E-state index contributed by atoms with van der Waals surface area (Å²) in [6, 6.07) is 94.6. The van der Waals surface area contributed by atoms with Gasteiger partial charge in [0.25, 0.3) is 0 Å². The molecule has 336 valence electrons. The van der Waals surface area contributed by atoms with Gasteiger partial charge < -0.3 is 21.3 Å². The summed E-state index contributed by atoms with van der Waals surface area (Å²) in [4.78, 5) is 0. The molecular weight excluding hydrogens is 865 g/mol. The average Bonchev–Trinajstić information content (AvgIpc) is 3.41. The van der Waals surface area contributed by atoms with Crippen molar-refractivity contribution in [1.82, 2.24) is 21.3 Å². The van der Waals surface area contributed by atoms with Crippen LogP contribution in [0.4, 0.5) is 0 Å². The van der Waals surface area contributed by atoms with Crippen molar-refractivity contribution >= 4 is 34.7 Å². The molecule has 0 radical (unpaired) electrons. The van der Waals surface area contributed by atoms with Crippen LogP contribution in [0.15, 0.2) is 273 Å². The molecule has 0 saturated carbocycles. The molecule has 0 fully saturated rings. The van der Waals surface area contributed by atoms with Crippen molar-refractivity contribution in [3.05, 3.63) is 323 Å². The van der Waals surface area contributed by atoms with Crippen LogP contribution in [-0.4, -0.2) is 10.2 Å². The van der Waals surface area contributed by atoms with Gasteiger partial charge in [-0.1, -0.05) is 273 Å². The molecule has 0 amide bonds. The highest BCUT2D eigenvalue weighted by atomic mass is 32.1. The van der Waals surface area contributed by atoms with Gasteiger partial charge >= 0.3 is 0 Å². The van der Waals surface area contributed by atoms with Gasteiger partial charge in [0.2, 0.25) is 0 Å². The van der Waals surface area contributed by atoms with Crippen LogP contribution in [0.2, 0.25) is 0 Å². The maximum atomic E-state index is 6.07. The first-order valence-electron chi connectivity index (χ1n) is 23.1. The maximum absolute atomic E-state index is 6.07. The van der Waals surface area contributed by atoms with Crippen molar-refractivity contribution < 1.29 is 0 Å². The van der Waals surface area contributed by atoms with Gasteiger partial charge in [0.1, 0.15) is 5.54 Å². The molecule has 4 nitrogen and oxygen atoms in total. The van der Waals surface area contributed by atoms with Crippen LogP contribution in [0.5, 0.6) is 0 Å². The molecule has 9 aromatic rings. The van der Waals surface area contributed by atoms with Crippen molar-refractivity contribution in [2.45, 2.75) is 36.5 Å². The highest BCUT2D eigenvalue weighted by Gasteiger charge is 2.37. The Bertz CT molecular complexity index is 2720. The van der Waals surface area contributed by atoms with Crippen LogP contribution in [0.1, 0.15) is 68.2 Å². The van der Waals surface area contributed by atoms with Gasteiger partial charge in [-0.15, -0.1) is 0 Å². The number of thiocarbonyl (C=S) groups is 2. The number of benzene rings is 9. The van der Waals surface area contributed by atoms with Crippen LogP contribution in [-0.2, 0) is 18.4 Å². The van der Waals surface area contributed by atoms with E-state index in [1.165, 1.54) is 33.4 Å². The molecule has 2 unspecified atom stereocenters. The molecule has 0 bridgehead atoms. The lowest BCUT2D eigenvalue weighted by Gasteiger charge is -2.38. The molecule has 0 aliphatic carbocycles. The van der Waals surface area contributed by atoms with Crippen LogP contribution < -0.4 is 21.3 Å². The van der Waals surface area contributed by atoms with E-state index in [0.29, 0.717) is 10.2 Å². The van der Waals surface area contributed by atoms with E-state index in [0.717, 1.165) is 29.5 Å². The normalized spacial score (nSPS) is 11.8. The molecule has 0 aliphatic heterocycles. The zero-order valence-electron chi connectivity index (χ0n) is 37.9. The van der Waals surface area contributed by atoms with Crippen molar-refractivity contribution in [2.24, 2.45) is 0 Å². The minimum atomic E-state index is -0.665. The van der Waals surface area contributed by atoms with Crippen LogP contribution >= 0.6 is 24.4 Å². The smallest absolute Gasteiger partial charge is 0.168 e. The fraction of sp³-hybridized carbons (Fsp3) is 0.0968. The highest BCUT2D eigenvalue weighted by Crippen LogP contribution is 2.37. The average molecular weight is 921 g/mol. The molecule has 9 aromatic carbocycles. The minimum absolute atomic E-state index is 0.0172. The molecule has 68 heavy (non-hydrogen) atoms. The summed E-state index contributed by atoms with van der Waals surface area (Å²) in [7, 11) is 0. The van der Waals surface area contributed by atoms with Crippen molar-refractivity contribution in [1.29, 1.82) is 0 Å². The van der Waals surface area contributed by atoms with E-state index in [1.54, 1.807) is 0 Å². The topological polar surface area (TPSA) is 48.1 Å². The Hall–Kier alpha value is -7.64. The summed E-state index contributed by atoms with van der Waals surface area (Å²) < 4.78 is 0. The third-order valence-electron chi connectivity index (χ3n) is 12.0. The van der Waals surface area contributed by atoms with E-state index in [2.05, 4.69) is 246 Å². The van der Waals surface area contributed by atoms with Crippen LogP contribution in [0.25, 0.3) is 0 Å². The molecule has 6 heteroatoms. The number of rotatable bonds is 15. The molecule has 0 heterocycles. The van der Waals surface area contributed by atoms with E-state index in [4.69, 9.17) is 24.4 Å². The number of hydrogen-bond donors (Lipinski definition) is 4. The highest BCUT2D eigenvalue weighted by molar-refractivity contribution is 7.80. The summed E-state index contributed by atoms with van der Waals surface area (Å²) in [6.07, 6.45) is 1.68. The second kappa shape index (κ2) is 24.2. The van der Waals surface area contributed by atoms with E-state index in [9.17, 15) is 0 Å². The van der Waals surface area contributed by atoms with E-state index in [-0.39, 0.29) is 18.1 Å². The third kappa shape index (κ3) is 12.6. The number of nitrogens with one attached hydrogen (secondary N) is 4. The van der Waals surface area contributed by atoms with Crippen molar-refractivity contribution in [3.8, 4) is 0 Å². The standard InChI is InChI=1S/C34H30N2S.C28H26N2S/c37-33(35-32(28-18-8-2-9-19-28)26-27-16-6-1-7-17-27)36-34(29-20-10-3-11-21-29,30-22-12-4-13-23-30)31-24-14-5-15-25-31;31-28(30-27(24-17-9-3-10-18-24)25-19-11-4-12-20-25)29-26(23-15-7-2-8-16-23)21-22-13-5-1-6-14-22/h1-25,32H,26H2,(H2,35,36,37);1-20,26-27H,21H2,(H2,29,30,31). The van der Waals surface area contributed by atoms with Crippen molar-refractivity contribution in [3.63, 3.8) is 0 Å². The zero-order valence-corrected chi connectivity index (χ0v) is 39.6. The van der Waals surface area contributed by atoms with Crippen LogP contribution in [0, 0.1) is 0 Å². The Morgan fingerprint density at radius 3 is 0.897 bits per heavy atom. The minimum Gasteiger partial charge on any atom is -0.356 e. The summed E-state index contributed by atoms with van der Waals surface area (Å²) >= 11 is 11.9. The molecule has 0 spiro atoms. The van der Waals surface area contributed by atoms with Gasteiger partial charge in [0.05, 0.1) is 18.1 Å². The maximum Gasteiger partial charge on any atom is 0.168 e. The second-order valence-electron chi connectivity index (χ2n) is 16.6. The lowest BCUT2D eigenvalue weighted by Crippen LogP contribution is -2.52. The molecule has 9 rings (SSSR count). The van der Waals surface area contributed by atoms with Crippen LogP contribution in [0.3, 0.4) is 0 Å².